The van der Waals surface area contributed by atoms with Crippen molar-refractivity contribution in [1.82, 2.24) is 10.0 Å². The number of rotatable bonds is 6. The highest BCUT2D eigenvalue weighted by atomic mass is 32.2. The van der Waals surface area contributed by atoms with Crippen LogP contribution in [0.25, 0.3) is 0 Å². The van der Waals surface area contributed by atoms with E-state index in [9.17, 15) is 18.0 Å². The monoisotopic (exact) mass is 417 g/mol. The molecule has 0 aromatic heterocycles. The molecule has 8 heteroatoms. The molecule has 0 aliphatic heterocycles. The lowest BCUT2D eigenvalue weighted by Crippen LogP contribution is -2.35. The van der Waals surface area contributed by atoms with Crippen molar-refractivity contribution in [3.63, 3.8) is 0 Å². The third-order valence-corrected chi connectivity index (χ3v) is 5.80. The first-order valence-electron chi connectivity index (χ1n) is 9.35. The molecule has 0 bridgehead atoms. The summed E-state index contributed by atoms with van der Waals surface area (Å²) in [6.07, 6.45) is 0. The molecule has 0 saturated carbocycles. The SMILES string of the molecule is CNC(=O)c1cccc(S(=O)(=O)NC(=O)Nc2c(C(C)C)cccc2C(C)C)c1. The maximum Gasteiger partial charge on any atom is 0.333 e. The van der Waals surface area contributed by atoms with Crippen molar-refractivity contribution in [2.45, 2.75) is 44.4 Å². The quantitative estimate of drug-likeness (QED) is 0.665. The van der Waals surface area contributed by atoms with Crippen LogP contribution in [0.2, 0.25) is 0 Å². The average Bonchev–Trinajstić information content (AvgIpc) is 2.66. The Morgan fingerprint density at radius 1 is 0.897 bits per heavy atom. The molecule has 3 amide bonds. The van der Waals surface area contributed by atoms with E-state index >= 15 is 0 Å². The van der Waals surface area contributed by atoms with E-state index in [1.165, 1.54) is 31.3 Å². The van der Waals surface area contributed by atoms with Crippen molar-refractivity contribution in [2.75, 3.05) is 12.4 Å². The van der Waals surface area contributed by atoms with Gasteiger partial charge >= 0.3 is 6.03 Å². The van der Waals surface area contributed by atoms with E-state index in [-0.39, 0.29) is 22.3 Å². The van der Waals surface area contributed by atoms with Crippen molar-refractivity contribution in [2.24, 2.45) is 0 Å². The Hall–Kier alpha value is -2.87. The van der Waals surface area contributed by atoms with Gasteiger partial charge in [-0.05, 0) is 41.2 Å². The van der Waals surface area contributed by atoms with Gasteiger partial charge < -0.3 is 10.6 Å². The number of anilines is 1. The Labute approximate surface area is 172 Å². The molecule has 2 aromatic rings. The van der Waals surface area contributed by atoms with Gasteiger partial charge in [0.25, 0.3) is 15.9 Å². The zero-order chi connectivity index (χ0) is 21.8. The van der Waals surface area contributed by atoms with Gasteiger partial charge in [0.05, 0.1) is 4.90 Å². The van der Waals surface area contributed by atoms with Crippen LogP contribution in [-0.4, -0.2) is 27.4 Å². The Kier molecular flexibility index (Phi) is 7.02. The Balaban J connectivity index is 2.31. The van der Waals surface area contributed by atoms with Crippen molar-refractivity contribution in [3.05, 3.63) is 59.2 Å². The van der Waals surface area contributed by atoms with Gasteiger partial charge in [-0.2, -0.15) is 0 Å². The summed E-state index contributed by atoms with van der Waals surface area (Å²) in [4.78, 5) is 24.1. The second-order valence-corrected chi connectivity index (χ2v) is 8.97. The highest BCUT2D eigenvalue weighted by molar-refractivity contribution is 7.90. The molecule has 0 fully saturated rings. The summed E-state index contributed by atoms with van der Waals surface area (Å²) >= 11 is 0. The summed E-state index contributed by atoms with van der Waals surface area (Å²) in [6, 6.07) is 10.4. The minimum atomic E-state index is -4.15. The fourth-order valence-electron chi connectivity index (χ4n) is 2.96. The number of carbonyl (C=O) groups is 2. The van der Waals surface area contributed by atoms with Crippen LogP contribution in [0.3, 0.4) is 0 Å². The van der Waals surface area contributed by atoms with Crippen LogP contribution in [0.15, 0.2) is 47.4 Å². The average molecular weight is 418 g/mol. The Bertz CT molecular complexity index is 988. The predicted octanol–water partition coefficient (Wildman–Crippen LogP) is 3.80. The molecule has 156 valence electrons. The van der Waals surface area contributed by atoms with Gasteiger partial charge in [0.2, 0.25) is 0 Å². The van der Waals surface area contributed by atoms with Crippen molar-refractivity contribution < 1.29 is 18.0 Å². The van der Waals surface area contributed by atoms with Crippen molar-refractivity contribution >= 4 is 27.6 Å². The lowest BCUT2D eigenvalue weighted by molar-refractivity contribution is 0.0963. The molecule has 29 heavy (non-hydrogen) atoms. The van der Waals surface area contributed by atoms with Crippen molar-refractivity contribution in [3.8, 4) is 0 Å². The normalized spacial score (nSPS) is 11.4. The topological polar surface area (TPSA) is 104 Å². The molecular weight excluding hydrogens is 390 g/mol. The number of nitrogens with one attached hydrogen (secondary N) is 3. The molecule has 0 aliphatic carbocycles. The third-order valence-electron chi connectivity index (χ3n) is 4.47. The van der Waals surface area contributed by atoms with E-state index in [0.717, 1.165) is 11.1 Å². The summed E-state index contributed by atoms with van der Waals surface area (Å²) in [5.74, 6) is -0.131. The molecule has 0 unspecified atom stereocenters. The number of para-hydroxylation sites is 1. The lowest BCUT2D eigenvalue weighted by atomic mass is 9.93. The van der Waals surface area contributed by atoms with Crippen LogP contribution in [0, 0.1) is 0 Å². The first-order valence-corrected chi connectivity index (χ1v) is 10.8. The van der Waals surface area contributed by atoms with E-state index < -0.39 is 22.0 Å². The summed E-state index contributed by atoms with van der Waals surface area (Å²) in [7, 11) is -2.70. The highest BCUT2D eigenvalue weighted by Crippen LogP contribution is 2.32. The summed E-state index contributed by atoms with van der Waals surface area (Å²) in [6.45, 7) is 8.01. The number of carbonyl (C=O) groups excluding carboxylic acids is 2. The van der Waals surface area contributed by atoms with Gasteiger partial charge in [0, 0.05) is 18.3 Å². The number of urea groups is 1. The largest absolute Gasteiger partial charge is 0.355 e. The summed E-state index contributed by atoms with van der Waals surface area (Å²) in [5.41, 5.74) is 2.64. The molecule has 2 aromatic carbocycles. The van der Waals surface area contributed by atoms with Crippen LogP contribution in [0.5, 0.6) is 0 Å². The maximum absolute atomic E-state index is 12.6. The molecule has 3 N–H and O–H groups in total. The van der Waals surface area contributed by atoms with E-state index in [1.807, 2.05) is 50.6 Å². The van der Waals surface area contributed by atoms with E-state index in [1.54, 1.807) is 0 Å². The highest BCUT2D eigenvalue weighted by Gasteiger charge is 2.21. The van der Waals surface area contributed by atoms with Crippen molar-refractivity contribution in [1.29, 1.82) is 0 Å². The van der Waals surface area contributed by atoms with E-state index in [0.29, 0.717) is 5.69 Å². The smallest absolute Gasteiger partial charge is 0.333 e. The second-order valence-electron chi connectivity index (χ2n) is 7.29. The standard InChI is InChI=1S/C21H27N3O4S/c1-13(2)17-10-7-11-18(14(3)4)19(17)23-21(26)24-29(27,28)16-9-6-8-15(12-16)20(25)22-5/h6-14H,1-5H3,(H,22,25)(H2,23,24,26). The molecular formula is C21H27N3O4S. The minimum absolute atomic E-state index is 0.143. The molecule has 0 heterocycles. The van der Waals surface area contributed by atoms with Gasteiger partial charge in [-0.15, -0.1) is 0 Å². The van der Waals surface area contributed by atoms with Crippen LogP contribution < -0.4 is 15.4 Å². The van der Waals surface area contributed by atoms with Gasteiger partial charge in [0.15, 0.2) is 0 Å². The summed E-state index contributed by atoms with van der Waals surface area (Å²) in [5, 5.41) is 5.14. The molecule has 0 spiro atoms. The number of hydrogen-bond acceptors (Lipinski definition) is 4. The van der Waals surface area contributed by atoms with Gasteiger partial charge in [-0.1, -0.05) is 52.0 Å². The Morgan fingerprint density at radius 3 is 1.97 bits per heavy atom. The second kappa shape index (κ2) is 9.09. The number of sulfonamides is 1. The van der Waals surface area contributed by atoms with Crippen LogP contribution in [-0.2, 0) is 10.0 Å². The molecule has 7 nitrogen and oxygen atoms in total. The number of amides is 3. The molecule has 0 radical (unpaired) electrons. The summed E-state index contributed by atoms with van der Waals surface area (Å²) < 4.78 is 27.3. The predicted molar refractivity (Wildman–Crippen MR) is 114 cm³/mol. The molecule has 0 atom stereocenters. The van der Waals surface area contributed by atoms with Crippen LogP contribution >= 0.6 is 0 Å². The third kappa shape index (κ3) is 5.35. The first-order chi connectivity index (χ1) is 13.6. The fraction of sp³-hybridized carbons (Fsp3) is 0.333. The van der Waals surface area contributed by atoms with Gasteiger partial charge in [-0.3, -0.25) is 4.79 Å². The zero-order valence-electron chi connectivity index (χ0n) is 17.2. The van der Waals surface area contributed by atoms with Crippen LogP contribution in [0.1, 0.15) is 61.0 Å². The van der Waals surface area contributed by atoms with Gasteiger partial charge in [-0.25, -0.2) is 17.9 Å². The fourth-order valence-corrected chi connectivity index (χ4v) is 3.92. The molecule has 0 aliphatic rings. The van der Waals surface area contributed by atoms with E-state index in [2.05, 4.69) is 10.6 Å². The first kappa shape index (κ1) is 22.4. The van der Waals surface area contributed by atoms with E-state index in [4.69, 9.17) is 0 Å². The van der Waals surface area contributed by atoms with Gasteiger partial charge in [0.1, 0.15) is 0 Å². The van der Waals surface area contributed by atoms with Crippen LogP contribution in [0.4, 0.5) is 10.5 Å². The minimum Gasteiger partial charge on any atom is -0.355 e. The molecule has 2 rings (SSSR count). The Morgan fingerprint density at radius 2 is 1.45 bits per heavy atom. The number of benzene rings is 2. The zero-order valence-corrected chi connectivity index (χ0v) is 18.1. The molecule has 0 saturated heterocycles. The lowest BCUT2D eigenvalue weighted by Gasteiger charge is -2.20. The maximum atomic E-state index is 12.6. The number of hydrogen-bond donors (Lipinski definition) is 3.